The monoisotopic (exact) mass is 549 g/mol. The molecule has 0 saturated heterocycles. The van der Waals surface area contributed by atoms with Crippen molar-refractivity contribution >= 4 is 23.7 Å². The van der Waals surface area contributed by atoms with Gasteiger partial charge in [0.25, 0.3) is 5.91 Å². The fourth-order valence-electron chi connectivity index (χ4n) is 4.78. The van der Waals surface area contributed by atoms with Crippen molar-refractivity contribution in [2.75, 3.05) is 13.2 Å². The lowest BCUT2D eigenvalue weighted by Gasteiger charge is -2.38. The fraction of sp³-hybridized carbons (Fsp3) is 0.724. The van der Waals surface area contributed by atoms with Gasteiger partial charge in [-0.05, 0) is 57.9 Å². The zero-order chi connectivity index (χ0) is 29.2. The standard InChI is InChI=1S/C29H47N3O7/c1-19(2)26(34)30-25(29(5,6)39-18-23-15-11-8-12-16-23)27(35)31-32(21(4)33)24(28(36)37)20(3)38-17-22-13-9-7-10-14-22/h9,13-14,19-20,23-25H,7-8,10-12,15-18H2,1-6H3,(H,30,34)(H,31,35)(H,36,37). The number of allylic oxidation sites excluding steroid dienone is 2. The second-order valence-corrected chi connectivity index (χ2v) is 11.4. The molecule has 0 aromatic heterocycles. The Morgan fingerprint density at radius 1 is 1.08 bits per heavy atom. The summed E-state index contributed by atoms with van der Waals surface area (Å²) in [6.07, 6.45) is 12.4. The molecule has 0 aliphatic heterocycles. The van der Waals surface area contributed by atoms with Crippen LogP contribution in [0.4, 0.5) is 0 Å². The van der Waals surface area contributed by atoms with Crippen molar-refractivity contribution in [3.8, 4) is 0 Å². The highest BCUT2D eigenvalue weighted by Crippen LogP contribution is 2.27. The van der Waals surface area contributed by atoms with Crippen LogP contribution in [0.15, 0.2) is 23.8 Å². The van der Waals surface area contributed by atoms with Crippen LogP contribution in [0.2, 0.25) is 0 Å². The summed E-state index contributed by atoms with van der Waals surface area (Å²) in [5, 5.41) is 13.5. The van der Waals surface area contributed by atoms with Crippen LogP contribution in [0, 0.1) is 11.8 Å². The smallest absolute Gasteiger partial charge is 0.331 e. The highest BCUT2D eigenvalue weighted by atomic mass is 16.5. The van der Waals surface area contributed by atoms with Gasteiger partial charge in [0.15, 0.2) is 6.04 Å². The molecule has 1 saturated carbocycles. The average molecular weight is 550 g/mol. The summed E-state index contributed by atoms with van der Waals surface area (Å²) in [4.78, 5) is 51.2. The van der Waals surface area contributed by atoms with Crippen molar-refractivity contribution < 1.29 is 33.8 Å². The Kier molecular flexibility index (Phi) is 12.6. The zero-order valence-electron chi connectivity index (χ0n) is 24.3. The first-order chi connectivity index (χ1) is 18.3. The topological polar surface area (TPSA) is 134 Å². The molecule has 2 rings (SSSR count). The van der Waals surface area contributed by atoms with Crippen molar-refractivity contribution in [2.24, 2.45) is 11.8 Å². The van der Waals surface area contributed by atoms with E-state index in [-0.39, 0.29) is 12.5 Å². The van der Waals surface area contributed by atoms with E-state index >= 15 is 0 Å². The molecule has 3 amide bonds. The summed E-state index contributed by atoms with van der Waals surface area (Å²) in [6.45, 7) is 10.2. The van der Waals surface area contributed by atoms with Gasteiger partial charge >= 0.3 is 5.97 Å². The molecule has 220 valence electrons. The van der Waals surface area contributed by atoms with Crippen LogP contribution in [0.25, 0.3) is 0 Å². The molecular weight excluding hydrogens is 502 g/mol. The summed E-state index contributed by atoms with van der Waals surface area (Å²) >= 11 is 0. The van der Waals surface area contributed by atoms with Gasteiger partial charge in [-0.25, -0.2) is 9.80 Å². The Morgan fingerprint density at radius 2 is 1.74 bits per heavy atom. The van der Waals surface area contributed by atoms with Crippen molar-refractivity contribution in [3.63, 3.8) is 0 Å². The minimum atomic E-state index is -1.49. The molecule has 0 aromatic carbocycles. The molecule has 0 spiro atoms. The lowest BCUT2D eigenvalue weighted by molar-refractivity contribution is -0.164. The molecule has 0 radical (unpaired) electrons. The number of hydrazine groups is 1. The highest BCUT2D eigenvalue weighted by molar-refractivity contribution is 5.91. The first-order valence-electron chi connectivity index (χ1n) is 14.1. The number of nitrogens with one attached hydrogen (secondary N) is 2. The van der Waals surface area contributed by atoms with E-state index in [9.17, 15) is 24.3 Å². The van der Waals surface area contributed by atoms with Gasteiger partial charge in [0.05, 0.1) is 24.9 Å². The van der Waals surface area contributed by atoms with Crippen LogP contribution in [-0.2, 0) is 28.7 Å². The Balaban J connectivity index is 2.21. The maximum absolute atomic E-state index is 13.6. The summed E-state index contributed by atoms with van der Waals surface area (Å²) in [6, 6.07) is -2.67. The number of nitrogens with zero attached hydrogens (tertiary/aromatic N) is 1. The molecule has 3 N–H and O–H groups in total. The van der Waals surface area contributed by atoms with Gasteiger partial charge in [0.1, 0.15) is 6.04 Å². The van der Waals surface area contributed by atoms with E-state index < -0.39 is 47.5 Å². The average Bonchev–Trinajstić information content (AvgIpc) is 2.89. The van der Waals surface area contributed by atoms with Crippen LogP contribution < -0.4 is 10.7 Å². The maximum Gasteiger partial charge on any atom is 0.331 e. The molecule has 0 heterocycles. The lowest BCUT2D eigenvalue weighted by atomic mass is 9.89. The van der Waals surface area contributed by atoms with E-state index in [2.05, 4.69) is 10.7 Å². The Bertz CT molecular complexity index is 922. The number of hydrogen-bond acceptors (Lipinski definition) is 6. The number of amides is 3. The van der Waals surface area contributed by atoms with Gasteiger partial charge in [-0.15, -0.1) is 0 Å². The van der Waals surface area contributed by atoms with Gasteiger partial charge in [0.2, 0.25) is 11.8 Å². The van der Waals surface area contributed by atoms with E-state index in [0.29, 0.717) is 12.5 Å². The van der Waals surface area contributed by atoms with Gasteiger partial charge in [0, 0.05) is 12.8 Å². The minimum absolute atomic E-state index is 0.177. The van der Waals surface area contributed by atoms with Crippen molar-refractivity contribution in [1.82, 2.24) is 15.8 Å². The third kappa shape index (κ3) is 10.1. The van der Waals surface area contributed by atoms with Crippen LogP contribution in [0.1, 0.15) is 86.5 Å². The van der Waals surface area contributed by atoms with E-state index in [1.54, 1.807) is 34.6 Å². The zero-order valence-corrected chi connectivity index (χ0v) is 24.3. The van der Waals surface area contributed by atoms with Crippen LogP contribution in [0.5, 0.6) is 0 Å². The lowest BCUT2D eigenvalue weighted by Crippen LogP contribution is -2.65. The number of rotatable bonds is 13. The first-order valence-corrected chi connectivity index (χ1v) is 14.1. The molecule has 1 fully saturated rings. The molecule has 10 nitrogen and oxygen atoms in total. The summed E-state index contributed by atoms with van der Waals surface area (Å²) < 4.78 is 12.0. The maximum atomic E-state index is 13.6. The predicted octanol–water partition coefficient (Wildman–Crippen LogP) is 3.52. The minimum Gasteiger partial charge on any atom is -0.480 e. The van der Waals surface area contributed by atoms with Crippen LogP contribution in [-0.4, -0.2) is 70.8 Å². The molecule has 3 atom stereocenters. The van der Waals surface area contributed by atoms with Crippen molar-refractivity contribution in [3.05, 3.63) is 23.8 Å². The van der Waals surface area contributed by atoms with Crippen LogP contribution in [0.3, 0.4) is 0 Å². The molecule has 39 heavy (non-hydrogen) atoms. The van der Waals surface area contributed by atoms with Crippen molar-refractivity contribution in [2.45, 2.75) is 110 Å². The number of carbonyl (C=O) groups excluding carboxylic acids is 3. The fourth-order valence-corrected chi connectivity index (χ4v) is 4.78. The number of carboxylic acid groups (broad SMARTS) is 1. The Hall–Kier alpha value is -2.72. The first kappa shape index (κ1) is 32.5. The summed E-state index contributed by atoms with van der Waals surface area (Å²) in [7, 11) is 0. The molecular formula is C29H47N3O7. The van der Waals surface area contributed by atoms with Crippen LogP contribution >= 0.6 is 0 Å². The second-order valence-electron chi connectivity index (χ2n) is 11.4. The number of hydrogen-bond donors (Lipinski definition) is 3. The van der Waals surface area contributed by atoms with Crippen molar-refractivity contribution in [1.29, 1.82) is 0 Å². The predicted molar refractivity (Wildman–Crippen MR) is 147 cm³/mol. The number of carboxylic acids is 1. The molecule has 10 heteroatoms. The Labute approximate surface area is 232 Å². The van der Waals surface area contributed by atoms with Gasteiger partial charge < -0.3 is 19.9 Å². The van der Waals surface area contributed by atoms with Gasteiger partial charge in [-0.2, -0.15) is 0 Å². The largest absolute Gasteiger partial charge is 0.480 e. The summed E-state index contributed by atoms with van der Waals surface area (Å²) in [5.41, 5.74) is 2.26. The van der Waals surface area contributed by atoms with Gasteiger partial charge in [-0.1, -0.05) is 51.3 Å². The summed E-state index contributed by atoms with van der Waals surface area (Å²) in [5.74, 6) is -3.15. The van der Waals surface area contributed by atoms with E-state index in [1.807, 2.05) is 18.2 Å². The van der Waals surface area contributed by atoms with E-state index in [0.717, 1.165) is 49.1 Å². The van der Waals surface area contributed by atoms with E-state index in [1.165, 1.54) is 13.3 Å². The molecule has 2 aliphatic rings. The molecule has 3 unspecified atom stereocenters. The Morgan fingerprint density at radius 3 is 2.28 bits per heavy atom. The number of carbonyl (C=O) groups is 4. The molecule has 0 bridgehead atoms. The van der Waals surface area contributed by atoms with E-state index in [4.69, 9.17) is 9.47 Å². The highest BCUT2D eigenvalue weighted by Gasteiger charge is 2.42. The molecule has 2 aliphatic carbocycles. The third-order valence-electron chi connectivity index (χ3n) is 7.31. The SMILES string of the molecule is CC(=O)N(NC(=O)C(NC(=O)C(C)C)C(C)(C)OCC1CCCCC1)C(C(=O)O)C(C)OCC1=CCCC=C1. The normalized spacial score (nSPS) is 18.6. The number of aliphatic carboxylic acids is 1. The quantitative estimate of drug-likeness (QED) is 0.299. The third-order valence-corrected chi connectivity index (χ3v) is 7.31. The molecule has 0 aromatic rings. The second kappa shape index (κ2) is 15.2. The van der Waals surface area contributed by atoms with Gasteiger partial charge in [-0.3, -0.25) is 19.8 Å². The number of ether oxygens (including phenoxy) is 2.